The third-order valence-electron chi connectivity index (χ3n) is 4.43. The summed E-state index contributed by atoms with van der Waals surface area (Å²) in [6.45, 7) is 1.91. The first-order valence-corrected chi connectivity index (χ1v) is 7.12. The first-order chi connectivity index (χ1) is 8.59. The van der Waals surface area contributed by atoms with E-state index in [0.717, 1.165) is 38.5 Å². The molecule has 4 nitrogen and oxygen atoms in total. The van der Waals surface area contributed by atoms with Crippen molar-refractivity contribution in [3.63, 3.8) is 0 Å². The van der Waals surface area contributed by atoms with Crippen molar-refractivity contribution in [1.29, 1.82) is 0 Å². The molecule has 102 valence electrons. The molecule has 0 aliphatic heterocycles. The van der Waals surface area contributed by atoms with Crippen LogP contribution in [0.15, 0.2) is 0 Å². The van der Waals surface area contributed by atoms with E-state index in [1.165, 1.54) is 6.42 Å². The molecule has 0 radical (unpaired) electrons. The molecule has 0 saturated heterocycles. The number of carbonyl (C=O) groups is 2. The molecule has 2 fully saturated rings. The summed E-state index contributed by atoms with van der Waals surface area (Å²) in [6.07, 6.45) is 7.43. The van der Waals surface area contributed by atoms with E-state index < -0.39 is 12.0 Å². The van der Waals surface area contributed by atoms with Gasteiger partial charge in [-0.3, -0.25) is 4.79 Å². The van der Waals surface area contributed by atoms with Gasteiger partial charge in [0.2, 0.25) is 5.91 Å². The highest BCUT2D eigenvalue weighted by Crippen LogP contribution is 2.37. The molecule has 2 N–H and O–H groups in total. The number of carboxylic acid groups (broad SMARTS) is 1. The van der Waals surface area contributed by atoms with Crippen LogP contribution in [0.1, 0.15) is 51.9 Å². The van der Waals surface area contributed by atoms with Gasteiger partial charge in [0.25, 0.3) is 0 Å². The van der Waals surface area contributed by atoms with Gasteiger partial charge in [-0.1, -0.05) is 26.2 Å². The lowest BCUT2D eigenvalue weighted by atomic mass is 9.83. The van der Waals surface area contributed by atoms with Crippen molar-refractivity contribution in [2.24, 2.45) is 17.8 Å². The summed E-state index contributed by atoms with van der Waals surface area (Å²) >= 11 is 0. The largest absolute Gasteiger partial charge is 0.480 e. The van der Waals surface area contributed by atoms with E-state index >= 15 is 0 Å². The summed E-state index contributed by atoms with van der Waals surface area (Å²) in [5, 5.41) is 12.1. The van der Waals surface area contributed by atoms with Crippen molar-refractivity contribution in [3.8, 4) is 0 Å². The Morgan fingerprint density at radius 2 is 1.67 bits per heavy atom. The average Bonchev–Trinajstić information content (AvgIpc) is 3.19. The summed E-state index contributed by atoms with van der Waals surface area (Å²) in [6, 6.07) is -0.681. The second-order valence-corrected chi connectivity index (χ2v) is 5.85. The standard InChI is InChI=1S/C14H23NO3/c1-9(10-7-8-10)13(16)15-12(14(17)18)11-5-3-2-4-6-11/h9-12H,2-8H2,1H3,(H,15,16)(H,17,18). The van der Waals surface area contributed by atoms with Crippen molar-refractivity contribution in [1.82, 2.24) is 5.32 Å². The third kappa shape index (κ3) is 3.24. The Labute approximate surface area is 108 Å². The van der Waals surface area contributed by atoms with Crippen LogP contribution in [0.4, 0.5) is 0 Å². The molecule has 0 aromatic carbocycles. The molecule has 0 spiro atoms. The second kappa shape index (κ2) is 5.72. The molecule has 0 bridgehead atoms. The molecule has 2 unspecified atom stereocenters. The van der Waals surface area contributed by atoms with Gasteiger partial charge in [0.05, 0.1) is 0 Å². The van der Waals surface area contributed by atoms with Crippen LogP contribution in [0.25, 0.3) is 0 Å². The summed E-state index contributed by atoms with van der Waals surface area (Å²) in [4.78, 5) is 23.3. The number of aliphatic carboxylic acids is 1. The van der Waals surface area contributed by atoms with E-state index in [1.807, 2.05) is 6.92 Å². The highest BCUT2D eigenvalue weighted by atomic mass is 16.4. The third-order valence-corrected chi connectivity index (χ3v) is 4.43. The molecule has 18 heavy (non-hydrogen) atoms. The normalized spacial score (nSPS) is 24.3. The van der Waals surface area contributed by atoms with Gasteiger partial charge in [0, 0.05) is 5.92 Å². The summed E-state index contributed by atoms with van der Waals surface area (Å²) in [5.74, 6) is -0.387. The molecular formula is C14H23NO3. The fourth-order valence-corrected chi connectivity index (χ4v) is 2.94. The van der Waals surface area contributed by atoms with Gasteiger partial charge in [0.1, 0.15) is 6.04 Å². The number of carboxylic acids is 1. The zero-order chi connectivity index (χ0) is 13.1. The number of rotatable bonds is 5. The molecule has 2 aliphatic rings. The molecule has 0 aromatic heterocycles. The predicted octanol–water partition coefficient (Wildman–Crippen LogP) is 2.18. The molecular weight excluding hydrogens is 230 g/mol. The van der Waals surface area contributed by atoms with Crippen LogP contribution in [0.3, 0.4) is 0 Å². The lowest BCUT2D eigenvalue weighted by Crippen LogP contribution is -2.48. The Hall–Kier alpha value is -1.06. The van der Waals surface area contributed by atoms with Gasteiger partial charge in [-0.15, -0.1) is 0 Å². The van der Waals surface area contributed by atoms with Crippen LogP contribution < -0.4 is 5.32 Å². The van der Waals surface area contributed by atoms with Gasteiger partial charge in [-0.2, -0.15) is 0 Å². The molecule has 4 heteroatoms. The van der Waals surface area contributed by atoms with E-state index in [0.29, 0.717) is 5.92 Å². The number of hydrogen-bond acceptors (Lipinski definition) is 2. The minimum atomic E-state index is -0.877. The van der Waals surface area contributed by atoms with Gasteiger partial charge < -0.3 is 10.4 Å². The average molecular weight is 253 g/mol. The lowest BCUT2D eigenvalue weighted by molar-refractivity contribution is -0.144. The lowest BCUT2D eigenvalue weighted by Gasteiger charge is -2.28. The van der Waals surface area contributed by atoms with Crippen LogP contribution >= 0.6 is 0 Å². The maximum absolute atomic E-state index is 12.0. The topological polar surface area (TPSA) is 66.4 Å². The van der Waals surface area contributed by atoms with Crippen LogP contribution in [-0.4, -0.2) is 23.0 Å². The zero-order valence-electron chi connectivity index (χ0n) is 11.0. The van der Waals surface area contributed by atoms with Gasteiger partial charge in [0.15, 0.2) is 0 Å². The maximum Gasteiger partial charge on any atom is 0.326 e. The van der Waals surface area contributed by atoms with Gasteiger partial charge in [-0.05, 0) is 37.5 Å². The highest BCUT2D eigenvalue weighted by molar-refractivity contribution is 5.85. The highest BCUT2D eigenvalue weighted by Gasteiger charge is 2.36. The first-order valence-electron chi connectivity index (χ1n) is 7.12. The molecule has 2 atom stereocenters. The second-order valence-electron chi connectivity index (χ2n) is 5.85. The number of hydrogen-bond donors (Lipinski definition) is 2. The van der Waals surface area contributed by atoms with E-state index in [9.17, 15) is 14.7 Å². The molecule has 0 heterocycles. The van der Waals surface area contributed by atoms with Crippen molar-refractivity contribution in [3.05, 3.63) is 0 Å². The van der Waals surface area contributed by atoms with Crippen molar-refractivity contribution in [2.45, 2.75) is 57.9 Å². The Bertz CT molecular complexity index is 319. The fraction of sp³-hybridized carbons (Fsp3) is 0.857. The van der Waals surface area contributed by atoms with E-state index in [4.69, 9.17) is 0 Å². The predicted molar refractivity (Wildman–Crippen MR) is 68.0 cm³/mol. The minimum absolute atomic E-state index is 0.0320. The summed E-state index contributed by atoms with van der Waals surface area (Å²) in [7, 11) is 0. The van der Waals surface area contributed by atoms with Crippen molar-refractivity contribution in [2.75, 3.05) is 0 Å². The number of carbonyl (C=O) groups excluding carboxylic acids is 1. The fourth-order valence-electron chi connectivity index (χ4n) is 2.94. The van der Waals surface area contributed by atoms with Crippen molar-refractivity contribution >= 4 is 11.9 Å². The first kappa shape index (κ1) is 13.4. The molecule has 0 aromatic rings. The van der Waals surface area contributed by atoms with Crippen LogP contribution in [-0.2, 0) is 9.59 Å². The van der Waals surface area contributed by atoms with Gasteiger partial charge >= 0.3 is 5.97 Å². The Kier molecular flexibility index (Phi) is 4.25. The van der Waals surface area contributed by atoms with Crippen LogP contribution in [0.2, 0.25) is 0 Å². The smallest absolute Gasteiger partial charge is 0.326 e. The monoisotopic (exact) mass is 253 g/mol. The van der Waals surface area contributed by atoms with Gasteiger partial charge in [-0.25, -0.2) is 4.79 Å². The zero-order valence-corrected chi connectivity index (χ0v) is 11.0. The maximum atomic E-state index is 12.0. The Morgan fingerprint density at radius 3 is 2.17 bits per heavy atom. The van der Waals surface area contributed by atoms with E-state index in [-0.39, 0.29) is 17.7 Å². The van der Waals surface area contributed by atoms with Crippen LogP contribution in [0, 0.1) is 17.8 Å². The number of nitrogens with one attached hydrogen (secondary N) is 1. The number of amides is 1. The summed E-state index contributed by atoms with van der Waals surface area (Å²) < 4.78 is 0. The molecule has 2 aliphatic carbocycles. The molecule has 1 amide bonds. The molecule has 2 rings (SSSR count). The van der Waals surface area contributed by atoms with Crippen molar-refractivity contribution < 1.29 is 14.7 Å². The quantitative estimate of drug-likeness (QED) is 0.789. The molecule has 2 saturated carbocycles. The Morgan fingerprint density at radius 1 is 1.06 bits per heavy atom. The minimum Gasteiger partial charge on any atom is -0.480 e. The van der Waals surface area contributed by atoms with E-state index in [1.54, 1.807) is 0 Å². The Balaban J connectivity index is 1.92. The SMILES string of the molecule is CC(C(=O)NC(C(=O)O)C1CCCCC1)C1CC1. The van der Waals surface area contributed by atoms with Crippen LogP contribution in [0.5, 0.6) is 0 Å². The summed E-state index contributed by atoms with van der Waals surface area (Å²) in [5.41, 5.74) is 0. The van der Waals surface area contributed by atoms with E-state index in [2.05, 4.69) is 5.32 Å².